The molecule has 0 bridgehead atoms. The standard InChI is InChI=1S/C18H18N4O4/c1-12(2)13-5-7-14(8-6-13)26-18-16(22(23)24)17(20-11-21-18)19-10-15-4-3-9-25-15/h3-9,11-12H,10H2,1-2H3,(H,19,20,21). The fraction of sp³-hybridized carbons (Fsp3) is 0.222. The first-order valence-electron chi connectivity index (χ1n) is 8.08. The van der Waals surface area contributed by atoms with E-state index in [1.165, 1.54) is 12.6 Å². The van der Waals surface area contributed by atoms with E-state index in [9.17, 15) is 10.1 Å². The minimum Gasteiger partial charge on any atom is -0.467 e. The molecule has 26 heavy (non-hydrogen) atoms. The van der Waals surface area contributed by atoms with Gasteiger partial charge in [0, 0.05) is 0 Å². The van der Waals surface area contributed by atoms with Crippen molar-refractivity contribution in [1.82, 2.24) is 9.97 Å². The molecule has 0 atom stereocenters. The number of hydrogen-bond donors (Lipinski definition) is 1. The predicted molar refractivity (Wildman–Crippen MR) is 95.3 cm³/mol. The smallest absolute Gasteiger partial charge is 0.373 e. The van der Waals surface area contributed by atoms with Crippen LogP contribution in [-0.4, -0.2) is 14.9 Å². The molecule has 2 heterocycles. The van der Waals surface area contributed by atoms with Gasteiger partial charge in [-0.25, -0.2) is 4.98 Å². The summed E-state index contributed by atoms with van der Waals surface area (Å²) in [6.45, 7) is 4.43. The quantitative estimate of drug-likeness (QED) is 0.492. The summed E-state index contributed by atoms with van der Waals surface area (Å²) in [5, 5.41) is 14.4. The topological polar surface area (TPSA) is 103 Å². The fourth-order valence-electron chi connectivity index (χ4n) is 2.35. The molecule has 3 rings (SSSR count). The molecule has 0 amide bonds. The lowest BCUT2D eigenvalue weighted by atomic mass is 10.0. The molecule has 0 saturated heterocycles. The number of aromatic nitrogens is 2. The van der Waals surface area contributed by atoms with Gasteiger partial charge >= 0.3 is 11.6 Å². The molecular weight excluding hydrogens is 336 g/mol. The summed E-state index contributed by atoms with van der Waals surface area (Å²) in [4.78, 5) is 18.8. The summed E-state index contributed by atoms with van der Waals surface area (Å²) < 4.78 is 10.8. The lowest BCUT2D eigenvalue weighted by molar-refractivity contribution is -0.385. The summed E-state index contributed by atoms with van der Waals surface area (Å²) in [5.41, 5.74) is 0.822. The Labute approximate surface area is 150 Å². The molecule has 1 N–H and O–H groups in total. The van der Waals surface area contributed by atoms with Crippen molar-refractivity contribution >= 4 is 11.5 Å². The number of ether oxygens (including phenoxy) is 1. The molecule has 0 radical (unpaired) electrons. The highest BCUT2D eigenvalue weighted by Crippen LogP contribution is 2.34. The third kappa shape index (κ3) is 3.97. The van der Waals surface area contributed by atoms with Gasteiger partial charge in [0.2, 0.25) is 5.82 Å². The van der Waals surface area contributed by atoms with Gasteiger partial charge in [0.1, 0.15) is 17.8 Å². The van der Waals surface area contributed by atoms with Crippen LogP contribution in [0.25, 0.3) is 0 Å². The van der Waals surface area contributed by atoms with Crippen molar-refractivity contribution in [3.05, 3.63) is 70.4 Å². The first-order chi connectivity index (χ1) is 12.5. The Morgan fingerprint density at radius 2 is 2.00 bits per heavy atom. The molecule has 0 aliphatic rings. The number of rotatable bonds is 7. The van der Waals surface area contributed by atoms with Crippen LogP contribution in [0.3, 0.4) is 0 Å². The van der Waals surface area contributed by atoms with Gasteiger partial charge in [-0.2, -0.15) is 4.98 Å². The monoisotopic (exact) mass is 354 g/mol. The predicted octanol–water partition coefficient (Wildman–Crippen LogP) is 4.51. The lowest BCUT2D eigenvalue weighted by Crippen LogP contribution is -2.06. The Morgan fingerprint density at radius 3 is 2.62 bits per heavy atom. The molecule has 0 aliphatic heterocycles. The fourth-order valence-corrected chi connectivity index (χ4v) is 2.35. The Hall–Kier alpha value is -3.42. The summed E-state index contributed by atoms with van der Waals surface area (Å²) >= 11 is 0. The number of hydrogen-bond acceptors (Lipinski definition) is 7. The SMILES string of the molecule is CC(C)c1ccc(Oc2ncnc(NCc3ccco3)c2[N+](=O)[O-])cc1. The second-order valence-corrected chi connectivity index (χ2v) is 5.89. The van der Waals surface area contributed by atoms with Crippen molar-refractivity contribution in [1.29, 1.82) is 0 Å². The van der Waals surface area contributed by atoms with Gasteiger partial charge in [-0.1, -0.05) is 26.0 Å². The highest BCUT2D eigenvalue weighted by molar-refractivity contribution is 5.61. The molecule has 1 aromatic carbocycles. The van der Waals surface area contributed by atoms with Crippen molar-refractivity contribution in [2.75, 3.05) is 5.32 Å². The molecule has 0 fully saturated rings. The van der Waals surface area contributed by atoms with E-state index < -0.39 is 4.92 Å². The molecule has 0 saturated carbocycles. The van der Waals surface area contributed by atoms with Crippen LogP contribution in [0, 0.1) is 10.1 Å². The first-order valence-corrected chi connectivity index (χ1v) is 8.08. The Morgan fingerprint density at radius 1 is 1.23 bits per heavy atom. The summed E-state index contributed by atoms with van der Waals surface area (Å²) in [7, 11) is 0. The number of benzene rings is 1. The highest BCUT2D eigenvalue weighted by atomic mass is 16.6. The van der Waals surface area contributed by atoms with Crippen LogP contribution in [0.4, 0.5) is 11.5 Å². The molecule has 2 aromatic heterocycles. The summed E-state index contributed by atoms with van der Waals surface area (Å²) in [5.74, 6) is 1.42. The van der Waals surface area contributed by atoms with E-state index >= 15 is 0 Å². The maximum Gasteiger partial charge on any atom is 0.373 e. The molecular formula is C18H18N4O4. The number of nitrogens with one attached hydrogen (secondary N) is 1. The van der Waals surface area contributed by atoms with Crippen LogP contribution >= 0.6 is 0 Å². The van der Waals surface area contributed by atoms with E-state index in [-0.39, 0.29) is 23.9 Å². The van der Waals surface area contributed by atoms with Gasteiger partial charge in [-0.3, -0.25) is 10.1 Å². The van der Waals surface area contributed by atoms with Gasteiger partial charge < -0.3 is 14.5 Å². The minimum atomic E-state index is -0.567. The molecule has 134 valence electrons. The number of furan rings is 1. The van der Waals surface area contributed by atoms with Crippen molar-refractivity contribution in [2.45, 2.75) is 26.3 Å². The minimum absolute atomic E-state index is 0.0650. The van der Waals surface area contributed by atoms with Crippen LogP contribution < -0.4 is 10.1 Å². The number of nitro groups is 1. The average Bonchev–Trinajstić information content (AvgIpc) is 3.14. The number of nitrogens with zero attached hydrogens (tertiary/aromatic N) is 3. The normalized spacial score (nSPS) is 10.7. The largest absolute Gasteiger partial charge is 0.467 e. The van der Waals surface area contributed by atoms with Crippen LogP contribution in [0.1, 0.15) is 31.1 Å². The van der Waals surface area contributed by atoms with E-state index in [0.717, 1.165) is 5.56 Å². The average molecular weight is 354 g/mol. The highest BCUT2D eigenvalue weighted by Gasteiger charge is 2.25. The van der Waals surface area contributed by atoms with Crippen molar-refractivity contribution in [3.63, 3.8) is 0 Å². The van der Waals surface area contributed by atoms with Crippen LogP contribution in [0.2, 0.25) is 0 Å². The Bertz CT molecular complexity index is 877. The van der Waals surface area contributed by atoms with Gasteiger partial charge in [0.05, 0.1) is 17.7 Å². The summed E-state index contributed by atoms with van der Waals surface area (Å²) in [6, 6.07) is 10.9. The van der Waals surface area contributed by atoms with Gasteiger partial charge in [0.25, 0.3) is 0 Å². The summed E-state index contributed by atoms with van der Waals surface area (Å²) in [6.07, 6.45) is 2.75. The van der Waals surface area contributed by atoms with Crippen LogP contribution in [-0.2, 0) is 6.54 Å². The van der Waals surface area contributed by atoms with E-state index in [2.05, 4.69) is 29.1 Å². The van der Waals surface area contributed by atoms with E-state index in [4.69, 9.17) is 9.15 Å². The lowest BCUT2D eigenvalue weighted by Gasteiger charge is -2.10. The Kier molecular flexibility index (Phi) is 5.12. The second-order valence-electron chi connectivity index (χ2n) is 5.89. The molecule has 8 nitrogen and oxygen atoms in total. The zero-order chi connectivity index (χ0) is 18.5. The van der Waals surface area contributed by atoms with Crippen LogP contribution in [0.15, 0.2) is 53.4 Å². The van der Waals surface area contributed by atoms with Gasteiger partial charge in [-0.15, -0.1) is 0 Å². The van der Waals surface area contributed by atoms with Crippen molar-refractivity contribution < 1.29 is 14.1 Å². The zero-order valence-electron chi connectivity index (χ0n) is 14.4. The van der Waals surface area contributed by atoms with Crippen molar-refractivity contribution in [3.8, 4) is 11.6 Å². The van der Waals surface area contributed by atoms with Crippen molar-refractivity contribution in [2.24, 2.45) is 0 Å². The third-order valence-corrected chi connectivity index (χ3v) is 3.74. The molecule has 3 aromatic rings. The first kappa shape index (κ1) is 17.4. The number of anilines is 1. The second kappa shape index (κ2) is 7.64. The van der Waals surface area contributed by atoms with Gasteiger partial charge in [-0.05, 0) is 35.7 Å². The van der Waals surface area contributed by atoms with E-state index in [0.29, 0.717) is 17.4 Å². The van der Waals surface area contributed by atoms with E-state index in [1.807, 2.05) is 12.1 Å². The maximum atomic E-state index is 11.5. The van der Waals surface area contributed by atoms with Gasteiger partial charge in [0.15, 0.2) is 0 Å². The molecule has 0 unspecified atom stereocenters. The maximum absolute atomic E-state index is 11.5. The molecule has 8 heteroatoms. The Balaban J connectivity index is 1.84. The van der Waals surface area contributed by atoms with Crippen LogP contribution in [0.5, 0.6) is 11.6 Å². The zero-order valence-corrected chi connectivity index (χ0v) is 14.4. The third-order valence-electron chi connectivity index (χ3n) is 3.74. The van der Waals surface area contributed by atoms with E-state index in [1.54, 1.807) is 24.3 Å². The molecule has 0 spiro atoms. The molecule has 0 aliphatic carbocycles.